The van der Waals surface area contributed by atoms with Crippen molar-refractivity contribution in [2.45, 2.75) is 19.5 Å². The van der Waals surface area contributed by atoms with Gasteiger partial charge in [0.1, 0.15) is 6.54 Å². The predicted molar refractivity (Wildman–Crippen MR) is 121 cm³/mol. The zero-order chi connectivity index (χ0) is 22.3. The average Bonchev–Trinajstić information content (AvgIpc) is 3.12. The number of piperazine rings is 1. The topological polar surface area (TPSA) is 85.4 Å². The maximum absolute atomic E-state index is 13.0. The molecular weight excluding hydrogens is 464 g/mol. The molecule has 2 aromatic heterocycles. The summed E-state index contributed by atoms with van der Waals surface area (Å²) in [6.07, 6.45) is 0. The molecule has 10 heteroatoms. The van der Waals surface area contributed by atoms with E-state index in [1.54, 1.807) is 11.6 Å². The number of aryl methyl sites for hydroxylation is 1. The van der Waals surface area contributed by atoms with Crippen molar-refractivity contribution in [3.63, 3.8) is 0 Å². The summed E-state index contributed by atoms with van der Waals surface area (Å²) in [5, 5.41) is 0. The van der Waals surface area contributed by atoms with Crippen molar-refractivity contribution >= 4 is 33.0 Å². The summed E-state index contributed by atoms with van der Waals surface area (Å²) in [4.78, 5) is 46.2. The molecule has 1 aliphatic rings. The maximum Gasteiger partial charge on any atom is 0.332 e. The van der Waals surface area contributed by atoms with Crippen LogP contribution in [0.3, 0.4) is 0 Å². The fourth-order valence-electron chi connectivity index (χ4n) is 4.14. The Morgan fingerprint density at radius 3 is 2.35 bits per heavy atom. The van der Waals surface area contributed by atoms with Gasteiger partial charge in [-0.3, -0.25) is 28.2 Å². The third-order valence-corrected chi connectivity index (χ3v) is 6.69. The number of fused-ring (bicyclic) bond motifs is 1. The summed E-state index contributed by atoms with van der Waals surface area (Å²) in [5.41, 5.74) is 0.824. The number of hydrogen-bond donors (Lipinski definition) is 0. The molecule has 9 nitrogen and oxygen atoms in total. The highest BCUT2D eigenvalue weighted by molar-refractivity contribution is 9.10. The molecule has 0 radical (unpaired) electrons. The minimum atomic E-state index is -0.478. The van der Waals surface area contributed by atoms with Crippen molar-refractivity contribution in [2.75, 3.05) is 26.2 Å². The molecule has 3 aromatic rings. The van der Waals surface area contributed by atoms with E-state index in [2.05, 4.69) is 44.9 Å². The summed E-state index contributed by atoms with van der Waals surface area (Å²) in [6, 6.07) is 10.6. The molecule has 1 fully saturated rings. The molecule has 1 unspecified atom stereocenters. The van der Waals surface area contributed by atoms with Crippen LogP contribution < -0.4 is 11.2 Å². The van der Waals surface area contributed by atoms with Gasteiger partial charge in [-0.05, 0) is 28.4 Å². The summed E-state index contributed by atoms with van der Waals surface area (Å²) in [6.45, 7) is 5.01. The average molecular weight is 489 g/mol. The highest BCUT2D eigenvalue weighted by Gasteiger charge is 2.26. The first-order chi connectivity index (χ1) is 14.8. The SMILES string of the molecule is CC(c1ccccc1)N1CCN(C(=O)Cn2c(Br)nc3c(=O)n(C)c(=O)n(C)c32)CC1. The lowest BCUT2D eigenvalue weighted by molar-refractivity contribution is -0.133. The van der Waals surface area contributed by atoms with Gasteiger partial charge in [-0.25, -0.2) is 9.78 Å². The van der Waals surface area contributed by atoms with E-state index >= 15 is 0 Å². The normalized spacial score (nSPS) is 16.1. The lowest BCUT2D eigenvalue weighted by atomic mass is 10.1. The number of rotatable bonds is 4. The molecule has 1 aromatic carbocycles. The Morgan fingerprint density at radius 2 is 1.71 bits per heavy atom. The Bertz CT molecular complexity index is 1240. The van der Waals surface area contributed by atoms with E-state index in [0.717, 1.165) is 17.7 Å². The number of carbonyl (C=O) groups excluding carboxylic acids is 1. The molecule has 0 bridgehead atoms. The van der Waals surface area contributed by atoms with Crippen molar-refractivity contribution in [2.24, 2.45) is 14.1 Å². The number of aromatic nitrogens is 4. The second kappa shape index (κ2) is 8.43. The van der Waals surface area contributed by atoms with Crippen LogP contribution in [0.25, 0.3) is 11.2 Å². The number of halogens is 1. The lowest BCUT2D eigenvalue weighted by Gasteiger charge is -2.38. The molecule has 31 heavy (non-hydrogen) atoms. The number of benzene rings is 1. The summed E-state index contributed by atoms with van der Waals surface area (Å²) in [5.74, 6) is -0.0693. The molecule has 3 heterocycles. The van der Waals surface area contributed by atoms with E-state index in [0.29, 0.717) is 23.5 Å². The van der Waals surface area contributed by atoms with Crippen molar-refractivity contribution in [3.8, 4) is 0 Å². The van der Waals surface area contributed by atoms with Gasteiger partial charge in [-0.2, -0.15) is 0 Å². The second-order valence-electron chi connectivity index (χ2n) is 7.85. The Labute approximate surface area is 187 Å². The lowest BCUT2D eigenvalue weighted by Crippen LogP contribution is -2.50. The largest absolute Gasteiger partial charge is 0.339 e. The van der Waals surface area contributed by atoms with Crippen LogP contribution in [0.1, 0.15) is 18.5 Å². The van der Waals surface area contributed by atoms with Gasteiger partial charge < -0.3 is 4.90 Å². The third kappa shape index (κ3) is 3.85. The van der Waals surface area contributed by atoms with Crippen molar-refractivity contribution < 1.29 is 4.79 Å². The second-order valence-corrected chi connectivity index (χ2v) is 8.56. The van der Waals surface area contributed by atoms with Crippen LogP contribution in [0.2, 0.25) is 0 Å². The van der Waals surface area contributed by atoms with Crippen LogP contribution in [-0.4, -0.2) is 60.6 Å². The monoisotopic (exact) mass is 488 g/mol. The fourth-order valence-corrected chi connectivity index (χ4v) is 4.61. The summed E-state index contributed by atoms with van der Waals surface area (Å²) < 4.78 is 4.30. The number of hydrogen-bond acceptors (Lipinski definition) is 5. The van der Waals surface area contributed by atoms with Gasteiger partial charge in [-0.1, -0.05) is 30.3 Å². The fraction of sp³-hybridized carbons (Fsp3) is 0.429. The predicted octanol–water partition coefficient (Wildman–Crippen LogP) is 1.10. The van der Waals surface area contributed by atoms with Crippen LogP contribution in [0, 0.1) is 0 Å². The highest BCUT2D eigenvalue weighted by atomic mass is 79.9. The molecule has 164 valence electrons. The van der Waals surface area contributed by atoms with Gasteiger partial charge in [0.2, 0.25) is 5.91 Å². The smallest absolute Gasteiger partial charge is 0.332 e. The van der Waals surface area contributed by atoms with Gasteiger partial charge in [0, 0.05) is 46.3 Å². The van der Waals surface area contributed by atoms with Crippen LogP contribution in [0.4, 0.5) is 0 Å². The molecule has 0 aliphatic carbocycles. The first-order valence-corrected chi connectivity index (χ1v) is 11.0. The van der Waals surface area contributed by atoms with Crippen molar-refractivity contribution in [1.29, 1.82) is 0 Å². The number of amides is 1. The zero-order valence-corrected chi connectivity index (χ0v) is 19.4. The molecule has 0 spiro atoms. The van der Waals surface area contributed by atoms with E-state index < -0.39 is 11.2 Å². The number of nitrogens with zero attached hydrogens (tertiary/aromatic N) is 6. The first-order valence-electron chi connectivity index (χ1n) is 10.2. The van der Waals surface area contributed by atoms with Crippen LogP contribution in [0.15, 0.2) is 44.7 Å². The van der Waals surface area contributed by atoms with E-state index in [4.69, 9.17) is 0 Å². The first kappa shape index (κ1) is 21.5. The molecule has 1 atom stereocenters. The van der Waals surface area contributed by atoms with Crippen LogP contribution >= 0.6 is 15.9 Å². The molecule has 1 saturated heterocycles. The number of carbonyl (C=O) groups is 1. The Hall–Kier alpha value is -2.72. The van der Waals surface area contributed by atoms with Gasteiger partial charge in [0.05, 0.1) is 0 Å². The molecule has 1 aliphatic heterocycles. The van der Waals surface area contributed by atoms with Gasteiger partial charge in [-0.15, -0.1) is 0 Å². The van der Waals surface area contributed by atoms with Crippen LogP contribution in [0.5, 0.6) is 0 Å². The van der Waals surface area contributed by atoms with Crippen molar-refractivity contribution in [3.05, 3.63) is 61.5 Å². The van der Waals surface area contributed by atoms with E-state index in [-0.39, 0.29) is 24.0 Å². The minimum absolute atomic E-state index is 0.00572. The molecular formula is C21H25BrN6O3. The molecule has 0 saturated carbocycles. The molecule has 0 N–H and O–H groups in total. The molecule has 1 amide bonds. The van der Waals surface area contributed by atoms with Crippen LogP contribution in [-0.2, 0) is 25.4 Å². The van der Waals surface area contributed by atoms with E-state index in [1.807, 2.05) is 23.1 Å². The Morgan fingerprint density at radius 1 is 1.06 bits per heavy atom. The number of imidazole rings is 1. The zero-order valence-electron chi connectivity index (χ0n) is 17.8. The third-order valence-electron chi connectivity index (χ3n) is 6.08. The summed E-state index contributed by atoms with van der Waals surface area (Å²) in [7, 11) is 2.99. The van der Waals surface area contributed by atoms with Gasteiger partial charge in [0.25, 0.3) is 5.56 Å². The quantitative estimate of drug-likeness (QED) is 0.513. The Balaban J connectivity index is 1.50. The summed E-state index contributed by atoms with van der Waals surface area (Å²) >= 11 is 3.34. The minimum Gasteiger partial charge on any atom is -0.339 e. The molecule has 4 rings (SSSR count). The van der Waals surface area contributed by atoms with Crippen molar-refractivity contribution in [1.82, 2.24) is 28.5 Å². The highest BCUT2D eigenvalue weighted by Crippen LogP contribution is 2.22. The van der Waals surface area contributed by atoms with E-state index in [9.17, 15) is 14.4 Å². The van der Waals surface area contributed by atoms with E-state index in [1.165, 1.54) is 17.2 Å². The van der Waals surface area contributed by atoms with Gasteiger partial charge in [0.15, 0.2) is 15.9 Å². The maximum atomic E-state index is 13.0. The van der Waals surface area contributed by atoms with Gasteiger partial charge >= 0.3 is 5.69 Å². The standard InChI is InChI=1S/C21H25BrN6O3/c1-14(15-7-5-4-6-8-15)26-9-11-27(12-10-26)16(29)13-28-18-17(23-20(28)22)19(30)25(3)21(31)24(18)2/h4-8,14H,9-13H2,1-3H3. The Kier molecular flexibility index (Phi) is 5.85.